The third-order valence-corrected chi connectivity index (χ3v) is 2.56. The number of H-pyrrole nitrogens is 1. The van der Waals surface area contributed by atoms with Crippen molar-refractivity contribution in [2.24, 2.45) is 0 Å². The number of nitrogen functional groups attached to an aromatic ring is 1. The van der Waals surface area contributed by atoms with Crippen LogP contribution in [0.3, 0.4) is 0 Å². The summed E-state index contributed by atoms with van der Waals surface area (Å²) in [6, 6.07) is 2.04. The number of rotatable bonds is 2. The van der Waals surface area contributed by atoms with E-state index in [1.807, 2.05) is 6.07 Å². The fraction of sp³-hybridized carbons (Fsp3) is 0.100. The number of hydrogen-bond acceptors (Lipinski definition) is 6. The SMILES string of the molecule is N#CCc1cnn(-c2ncnc3nc[nH]c23)c1N. The van der Waals surface area contributed by atoms with Crippen LogP contribution in [-0.4, -0.2) is 29.7 Å². The minimum atomic E-state index is 0.211. The number of hydrogen-bond donors (Lipinski definition) is 2. The number of nitrogens with one attached hydrogen (secondary N) is 1. The van der Waals surface area contributed by atoms with Crippen molar-refractivity contribution in [2.45, 2.75) is 6.42 Å². The predicted octanol–water partition coefficient (Wildman–Crippen LogP) is 0.187. The van der Waals surface area contributed by atoms with Crippen LogP contribution < -0.4 is 5.73 Å². The highest BCUT2D eigenvalue weighted by atomic mass is 15.3. The largest absolute Gasteiger partial charge is 0.383 e. The van der Waals surface area contributed by atoms with E-state index in [1.54, 1.807) is 6.20 Å². The second kappa shape index (κ2) is 3.81. The van der Waals surface area contributed by atoms with Gasteiger partial charge in [-0.25, -0.2) is 15.0 Å². The van der Waals surface area contributed by atoms with Crippen LogP contribution in [0.15, 0.2) is 18.9 Å². The molecule has 0 radical (unpaired) electrons. The van der Waals surface area contributed by atoms with Gasteiger partial charge in [0.05, 0.1) is 25.0 Å². The summed E-state index contributed by atoms with van der Waals surface area (Å²) in [4.78, 5) is 15.1. The Morgan fingerprint density at radius 3 is 3.11 bits per heavy atom. The Bertz CT molecular complexity index is 747. The first-order valence-electron chi connectivity index (χ1n) is 5.15. The zero-order valence-electron chi connectivity index (χ0n) is 9.20. The summed E-state index contributed by atoms with van der Waals surface area (Å²) in [6.45, 7) is 0. The lowest BCUT2D eigenvalue weighted by Gasteiger charge is -2.03. The standard InChI is InChI=1S/C10H8N8/c11-2-1-6-3-17-18(8(6)12)10-7-9(14-4-13-7)15-5-16-10/h3-5H,1,12H2,(H,13,14,15,16). The van der Waals surface area contributed by atoms with E-state index in [0.717, 1.165) is 0 Å². The number of aromatic nitrogens is 6. The smallest absolute Gasteiger partial charge is 0.184 e. The van der Waals surface area contributed by atoms with Crippen LogP contribution >= 0.6 is 0 Å². The molecule has 0 aliphatic rings. The minimum Gasteiger partial charge on any atom is -0.383 e. The van der Waals surface area contributed by atoms with Gasteiger partial charge in [-0.2, -0.15) is 15.0 Å². The molecule has 0 unspecified atom stereocenters. The van der Waals surface area contributed by atoms with Crippen molar-refractivity contribution in [3.8, 4) is 11.9 Å². The Kier molecular flexibility index (Phi) is 2.16. The van der Waals surface area contributed by atoms with Gasteiger partial charge in [0.2, 0.25) is 0 Å². The molecule has 8 heteroatoms. The molecule has 3 aromatic rings. The van der Waals surface area contributed by atoms with E-state index in [2.05, 4.69) is 25.0 Å². The Hall–Kier alpha value is -2.95. The molecular formula is C10H8N8. The van der Waals surface area contributed by atoms with Gasteiger partial charge < -0.3 is 10.7 Å². The summed E-state index contributed by atoms with van der Waals surface area (Å²) in [5.74, 6) is 0.908. The van der Waals surface area contributed by atoms with E-state index < -0.39 is 0 Å². The highest BCUT2D eigenvalue weighted by molar-refractivity contribution is 5.78. The van der Waals surface area contributed by atoms with Gasteiger partial charge in [-0.05, 0) is 0 Å². The number of anilines is 1. The molecule has 0 saturated heterocycles. The Balaban J connectivity index is 2.21. The Labute approximate surface area is 101 Å². The van der Waals surface area contributed by atoms with Gasteiger partial charge in [0, 0.05) is 5.56 Å². The number of imidazole rings is 1. The second-order valence-electron chi connectivity index (χ2n) is 3.60. The van der Waals surface area contributed by atoms with E-state index in [1.165, 1.54) is 17.3 Å². The monoisotopic (exact) mass is 240 g/mol. The fourth-order valence-corrected chi connectivity index (χ4v) is 1.69. The summed E-state index contributed by atoms with van der Waals surface area (Å²) >= 11 is 0. The number of nitrogens with two attached hydrogens (primary N) is 1. The van der Waals surface area contributed by atoms with Crippen molar-refractivity contribution < 1.29 is 0 Å². The lowest BCUT2D eigenvalue weighted by Crippen LogP contribution is -2.06. The van der Waals surface area contributed by atoms with Gasteiger partial charge in [-0.1, -0.05) is 0 Å². The summed E-state index contributed by atoms with van der Waals surface area (Å²) in [6.07, 6.45) is 4.69. The fourth-order valence-electron chi connectivity index (χ4n) is 1.69. The molecule has 0 aromatic carbocycles. The summed E-state index contributed by atoms with van der Waals surface area (Å²) in [5, 5.41) is 12.8. The highest BCUT2D eigenvalue weighted by Gasteiger charge is 2.13. The maximum absolute atomic E-state index is 8.68. The van der Waals surface area contributed by atoms with E-state index in [-0.39, 0.29) is 6.42 Å². The number of fused-ring (bicyclic) bond motifs is 1. The van der Waals surface area contributed by atoms with Gasteiger partial charge in [0.25, 0.3) is 0 Å². The van der Waals surface area contributed by atoms with E-state index in [4.69, 9.17) is 11.0 Å². The van der Waals surface area contributed by atoms with Crippen molar-refractivity contribution in [3.05, 3.63) is 24.4 Å². The molecule has 0 bridgehead atoms. The summed E-state index contributed by atoms with van der Waals surface area (Å²) < 4.78 is 1.47. The third-order valence-electron chi connectivity index (χ3n) is 2.56. The quantitative estimate of drug-likeness (QED) is 0.659. The molecule has 8 nitrogen and oxygen atoms in total. The normalized spacial score (nSPS) is 10.6. The summed E-state index contributed by atoms with van der Waals surface area (Å²) in [7, 11) is 0. The number of nitriles is 1. The van der Waals surface area contributed by atoms with Crippen LogP contribution in [-0.2, 0) is 6.42 Å². The van der Waals surface area contributed by atoms with Crippen LogP contribution in [0, 0.1) is 11.3 Å². The molecule has 3 aromatic heterocycles. The number of nitrogens with zero attached hydrogens (tertiary/aromatic N) is 6. The molecule has 0 amide bonds. The second-order valence-corrected chi connectivity index (χ2v) is 3.60. The van der Waals surface area contributed by atoms with Gasteiger partial charge in [-0.15, -0.1) is 0 Å². The van der Waals surface area contributed by atoms with Crippen molar-refractivity contribution >= 4 is 17.0 Å². The molecule has 0 aliphatic carbocycles. The van der Waals surface area contributed by atoms with Gasteiger partial charge in [0.1, 0.15) is 17.7 Å². The van der Waals surface area contributed by atoms with Crippen LogP contribution in [0.25, 0.3) is 17.0 Å². The van der Waals surface area contributed by atoms with Crippen LogP contribution in [0.4, 0.5) is 5.82 Å². The molecule has 0 aliphatic heterocycles. The molecule has 0 spiro atoms. The van der Waals surface area contributed by atoms with Crippen molar-refractivity contribution in [3.63, 3.8) is 0 Å². The third kappa shape index (κ3) is 1.38. The van der Waals surface area contributed by atoms with Crippen LogP contribution in [0.2, 0.25) is 0 Å². The van der Waals surface area contributed by atoms with Crippen molar-refractivity contribution in [1.82, 2.24) is 29.7 Å². The van der Waals surface area contributed by atoms with Crippen LogP contribution in [0.5, 0.6) is 0 Å². The van der Waals surface area contributed by atoms with E-state index in [9.17, 15) is 0 Å². The van der Waals surface area contributed by atoms with Gasteiger partial charge in [-0.3, -0.25) is 0 Å². The first-order chi connectivity index (χ1) is 8.81. The summed E-state index contributed by atoms with van der Waals surface area (Å²) in [5.41, 5.74) is 7.79. The van der Waals surface area contributed by atoms with Gasteiger partial charge in [0.15, 0.2) is 11.5 Å². The zero-order valence-corrected chi connectivity index (χ0v) is 9.20. The van der Waals surface area contributed by atoms with E-state index >= 15 is 0 Å². The first kappa shape index (κ1) is 10.2. The zero-order chi connectivity index (χ0) is 12.5. The topological polar surface area (TPSA) is 122 Å². The lowest BCUT2D eigenvalue weighted by atomic mass is 10.2. The molecule has 18 heavy (non-hydrogen) atoms. The van der Waals surface area contributed by atoms with E-state index in [0.29, 0.717) is 28.4 Å². The minimum absolute atomic E-state index is 0.211. The van der Waals surface area contributed by atoms with Crippen LogP contribution in [0.1, 0.15) is 5.56 Å². The molecular weight excluding hydrogens is 232 g/mol. The highest BCUT2D eigenvalue weighted by Crippen LogP contribution is 2.19. The molecule has 3 N–H and O–H groups in total. The maximum Gasteiger partial charge on any atom is 0.184 e. The molecule has 0 atom stereocenters. The molecule has 0 saturated carbocycles. The van der Waals surface area contributed by atoms with Crippen molar-refractivity contribution in [1.29, 1.82) is 5.26 Å². The first-order valence-corrected chi connectivity index (χ1v) is 5.15. The molecule has 88 valence electrons. The average Bonchev–Trinajstić information content (AvgIpc) is 2.98. The Morgan fingerprint density at radius 1 is 1.39 bits per heavy atom. The molecule has 3 heterocycles. The van der Waals surface area contributed by atoms with Gasteiger partial charge >= 0.3 is 0 Å². The Morgan fingerprint density at radius 2 is 2.28 bits per heavy atom. The van der Waals surface area contributed by atoms with Crippen molar-refractivity contribution in [2.75, 3.05) is 5.73 Å². The lowest BCUT2D eigenvalue weighted by molar-refractivity contribution is 0.858. The number of aromatic amines is 1. The molecule has 3 rings (SSSR count). The maximum atomic E-state index is 8.68. The average molecular weight is 240 g/mol. The predicted molar refractivity (Wildman–Crippen MR) is 62.5 cm³/mol. The molecule has 0 fully saturated rings.